The molecule has 0 spiro atoms. The van der Waals surface area contributed by atoms with E-state index in [1.165, 1.54) is 5.56 Å². The highest BCUT2D eigenvalue weighted by Gasteiger charge is 2.23. The summed E-state index contributed by atoms with van der Waals surface area (Å²) in [7, 11) is 0. The Morgan fingerprint density at radius 3 is 2.59 bits per heavy atom. The summed E-state index contributed by atoms with van der Waals surface area (Å²) in [5, 5.41) is 2.92. The Morgan fingerprint density at radius 1 is 1.07 bits per heavy atom. The average Bonchev–Trinajstić information content (AvgIpc) is 3.17. The van der Waals surface area contributed by atoms with Gasteiger partial charge < -0.3 is 10.2 Å². The van der Waals surface area contributed by atoms with Crippen molar-refractivity contribution in [2.45, 2.75) is 26.2 Å². The first-order valence-electron chi connectivity index (χ1n) is 9.86. The van der Waals surface area contributed by atoms with Gasteiger partial charge >= 0.3 is 0 Å². The van der Waals surface area contributed by atoms with Crippen LogP contribution >= 0.6 is 0 Å². The molecule has 5 heteroatoms. The number of rotatable bonds is 5. The van der Waals surface area contributed by atoms with E-state index in [1.807, 2.05) is 54.3 Å². The van der Waals surface area contributed by atoms with Gasteiger partial charge in [0.25, 0.3) is 0 Å². The van der Waals surface area contributed by atoms with Gasteiger partial charge in [-0.2, -0.15) is 0 Å². The van der Waals surface area contributed by atoms with Crippen molar-refractivity contribution in [3.05, 3.63) is 78.1 Å². The lowest BCUT2D eigenvalue weighted by atomic mass is 10.0. The topological polar surface area (TPSA) is 62.3 Å². The number of nitrogens with zero attached hydrogens (tertiary/aromatic N) is 2. The lowest BCUT2D eigenvalue weighted by molar-refractivity contribution is -0.118. The highest BCUT2D eigenvalue weighted by atomic mass is 16.2. The Morgan fingerprint density at radius 2 is 1.86 bits per heavy atom. The summed E-state index contributed by atoms with van der Waals surface area (Å²) in [6.07, 6.45) is 5.10. The van der Waals surface area contributed by atoms with Crippen LogP contribution in [-0.2, 0) is 22.4 Å². The minimum Gasteiger partial charge on any atom is -0.326 e. The van der Waals surface area contributed by atoms with E-state index in [-0.39, 0.29) is 11.8 Å². The van der Waals surface area contributed by atoms with E-state index < -0.39 is 0 Å². The molecule has 4 rings (SSSR count). The predicted octanol–water partition coefficient (Wildman–Crippen LogP) is 4.23. The molecule has 0 saturated heterocycles. The number of carbonyl (C=O) groups excluding carboxylic acids is 2. The number of benzene rings is 2. The zero-order chi connectivity index (χ0) is 20.2. The van der Waals surface area contributed by atoms with Crippen LogP contribution in [0.3, 0.4) is 0 Å². The van der Waals surface area contributed by atoms with Gasteiger partial charge in [0, 0.05) is 36.7 Å². The molecule has 1 aliphatic rings. The Balaban J connectivity index is 1.44. The van der Waals surface area contributed by atoms with Crippen LogP contribution in [0.25, 0.3) is 11.1 Å². The number of hydrogen-bond acceptors (Lipinski definition) is 3. The number of aromatic nitrogens is 1. The van der Waals surface area contributed by atoms with E-state index in [0.29, 0.717) is 12.8 Å². The fourth-order valence-electron chi connectivity index (χ4n) is 3.67. The molecule has 146 valence electrons. The molecule has 29 heavy (non-hydrogen) atoms. The van der Waals surface area contributed by atoms with Crippen molar-refractivity contribution in [2.75, 3.05) is 16.8 Å². The van der Waals surface area contributed by atoms with Gasteiger partial charge in [0.15, 0.2) is 0 Å². The van der Waals surface area contributed by atoms with Crippen LogP contribution in [0.5, 0.6) is 0 Å². The van der Waals surface area contributed by atoms with Crippen molar-refractivity contribution in [1.82, 2.24) is 4.98 Å². The minimum atomic E-state index is -0.0658. The van der Waals surface area contributed by atoms with Crippen molar-refractivity contribution in [3.8, 4) is 11.1 Å². The summed E-state index contributed by atoms with van der Waals surface area (Å²) in [6.45, 7) is 2.65. The fourth-order valence-corrected chi connectivity index (χ4v) is 3.67. The summed E-state index contributed by atoms with van der Waals surface area (Å²) in [6, 6.07) is 17.8. The summed E-state index contributed by atoms with van der Waals surface area (Å²) in [4.78, 5) is 30.2. The van der Waals surface area contributed by atoms with E-state index in [1.54, 1.807) is 12.4 Å². The molecule has 2 heterocycles. The maximum absolute atomic E-state index is 12.2. The normalized spacial score (nSPS) is 12.5. The number of nitrogens with one attached hydrogen (secondary N) is 1. The van der Waals surface area contributed by atoms with Gasteiger partial charge in [-0.05, 0) is 59.0 Å². The van der Waals surface area contributed by atoms with Crippen molar-refractivity contribution in [3.63, 3.8) is 0 Å². The van der Waals surface area contributed by atoms with Gasteiger partial charge in [-0.15, -0.1) is 0 Å². The van der Waals surface area contributed by atoms with Gasteiger partial charge in [-0.25, -0.2) is 0 Å². The Hall–Kier alpha value is -3.47. The number of fused-ring (bicyclic) bond motifs is 1. The number of amides is 2. The number of anilines is 2. The third kappa shape index (κ3) is 4.19. The van der Waals surface area contributed by atoms with Gasteiger partial charge in [0.1, 0.15) is 0 Å². The van der Waals surface area contributed by atoms with Crippen LogP contribution in [0, 0.1) is 0 Å². The second-order valence-corrected chi connectivity index (χ2v) is 7.16. The van der Waals surface area contributed by atoms with Crippen molar-refractivity contribution < 1.29 is 9.59 Å². The van der Waals surface area contributed by atoms with Crippen LogP contribution in [0.1, 0.15) is 24.5 Å². The lowest BCUT2D eigenvalue weighted by Crippen LogP contribution is -2.27. The SMILES string of the molecule is CCC(=O)N1CCc2cc(-c3ccc(NC(=O)Cc4cccnc4)cc3)ccc21. The van der Waals surface area contributed by atoms with Crippen molar-refractivity contribution in [1.29, 1.82) is 0 Å². The number of pyridine rings is 1. The van der Waals surface area contributed by atoms with Gasteiger partial charge in [-0.1, -0.05) is 31.2 Å². The van der Waals surface area contributed by atoms with Crippen molar-refractivity contribution in [2.24, 2.45) is 0 Å². The summed E-state index contributed by atoms with van der Waals surface area (Å²) in [5.41, 5.74) is 6.08. The summed E-state index contributed by atoms with van der Waals surface area (Å²) >= 11 is 0. The standard InChI is InChI=1S/C24H23N3O2/c1-2-24(29)27-13-11-20-15-19(7-10-22(20)27)18-5-8-21(9-6-18)26-23(28)14-17-4-3-12-25-16-17/h3-10,12,15-16H,2,11,13-14H2,1H3,(H,26,28). The first-order valence-corrected chi connectivity index (χ1v) is 9.86. The molecule has 2 amide bonds. The molecule has 0 saturated carbocycles. The number of hydrogen-bond donors (Lipinski definition) is 1. The zero-order valence-electron chi connectivity index (χ0n) is 16.4. The van der Waals surface area contributed by atoms with Gasteiger partial charge in [0.2, 0.25) is 11.8 Å². The lowest BCUT2D eigenvalue weighted by Gasteiger charge is -2.16. The van der Waals surface area contributed by atoms with Crippen LogP contribution in [0.2, 0.25) is 0 Å². The largest absolute Gasteiger partial charge is 0.326 e. The minimum absolute atomic E-state index is 0.0658. The van der Waals surface area contributed by atoms with Gasteiger partial charge in [-0.3, -0.25) is 14.6 Å². The van der Waals surface area contributed by atoms with E-state index in [0.717, 1.165) is 41.0 Å². The third-order valence-corrected chi connectivity index (χ3v) is 5.17. The van der Waals surface area contributed by atoms with Crippen LogP contribution < -0.4 is 10.2 Å². The molecule has 2 aromatic carbocycles. The number of carbonyl (C=O) groups is 2. The predicted molar refractivity (Wildman–Crippen MR) is 115 cm³/mol. The Bertz CT molecular complexity index is 1030. The maximum Gasteiger partial charge on any atom is 0.228 e. The molecule has 3 aromatic rings. The molecule has 0 unspecified atom stereocenters. The molecule has 5 nitrogen and oxygen atoms in total. The molecule has 0 bridgehead atoms. The monoisotopic (exact) mass is 385 g/mol. The second kappa shape index (κ2) is 8.27. The van der Waals surface area contributed by atoms with Crippen LogP contribution in [0.4, 0.5) is 11.4 Å². The third-order valence-electron chi connectivity index (χ3n) is 5.17. The molecule has 1 aromatic heterocycles. The Labute approximate surface area is 170 Å². The molecule has 1 N–H and O–H groups in total. The molecule has 0 fully saturated rings. The molecule has 0 aliphatic carbocycles. The second-order valence-electron chi connectivity index (χ2n) is 7.16. The quantitative estimate of drug-likeness (QED) is 0.715. The highest BCUT2D eigenvalue weighted by Crippen LogP contribution is 2.33. The summed E-state index contributed by atoms with van der Waals surface area (Å²) in [5.74, 6) is 0.104. The Kier molecular flexibility index (Phi) is 5.38. The fraction of sp³-hybridized carbons (Fsp3) is 0.208. The van der Waals surface area contributed by atoms with Crippen molar-refractivity contribution >= 4 is 23.2 Å². The van der Waals surface area contributed by atoms with E-state index >= 15 is 0 Å². The molecular weight excluding hydrogens is 362 g/mol. The smallest absolute Gasteiger partial charge is 0.228 e. The first kappa shape index (κ1) is 18.9. The molecular formula is C24H23N3O2. The van der Waals surface area contributed by atoms with Crippen LogP contribution in [0.15, 0.2) is 67.0 Å². The van der Waals surface area contributed by atoms with Gasteiger partial charge in [0.05, 0.1) is 6.42 Å². The van der Waals surface area contributed by atoms with E-state index in [4.69, 9.17) is 0 Å². The first-order chi connectivity index (χ1) is 14.1. The molecule has 0 radical (unpaired) electrons. The van der Waals surface area contributed by atoms with E-state index in [2.05, 4.69) is 22.4 Å². The summed E-state index contributed by atoms with van der Waals surface area (Å²) < 4.78 is 0. The maximum atomic E-state index is 12.2. The average molecular weight is 385 g/mol. The van der Waals surface area contributed by atoms with E-state index in [9.17, 15) is 9.59 Å². The zero-order valence-corrected chi connectivity index (χ0v) is 16.4. The highest BCUT2D eigenvalue weighted by molar-refractivity contribution is 5.96. The van der Waals surface area contributed by atoms with Crippen LogP contribution in [-0.4, -0.2) is 23.3 Å². The molecule has 0 atom stereocenters. The molecule has 1 aliphatic heterocycles.